The van der Waals surface area contributed by atoms with E-state index >= 15 is 0 Å². The van der Waals surface area contributed by atoms with Crippen molar-refractivity contribution in [3.8, 4) is 17.6 Å². The van der Waals surface area contributed by atoms with Gasteiger partial charge in [0.1, 0.15) is 12.3 Å². The largest absolute Gasteiger partial charge is 0.490 e. The van der Waals surface area contributed by atoms with Gasteiger partial charge in [-0.3, -0.25) is 9.69 Å². The molecule has 1 aliphatic rings. The third-order valence-electron chi connectivity index (χ3n) is 4.43. The number of ether oxygens (including phenoxy) is 2. The minimum absolute atomic E-state index is 0.140. The van der Waals surface area contributed by atoms with Crippen LogP contribution in [0.3, 0.4) is 0 Å². The molecular formula is C23H20IN3O4. The monoisotopic (exact) mass is 529 g/mol. The van der Waals surface area contributed by atoms with E-state index in [4.69, 9.17) is 9.47 Å². The first-order valence-corrected chi connectivity index (χ1v) is 10.6. The molecule has 0 atom stereocenters. The second-order valence-electron chi connectivity index (χ2n) is 6.51. The summed E-state index contributed by atoms with van der Waals surface area (Å²) in [6.45, 7) is 6.20. The van der Waals surface area contributed by atoms with Gasteiger partial charge >= 0.3 is 6.03 Å². The zero-order chi connectivity index (χ0) is 22.4. The summed E-state index contributed by atoms with van der Waals surface area (Å²) in [5.41, 5.74) is 2.19. The van der Waals surface area contributed by atoms with Gasteiger partial charge in [-0.2, -0.15) is 5.26 Å². The van der Waals surface area contributed by atoms with Crippen LogP contribution >= 0.6 is 22.6 Å². The van der Waals surface area contributed by atoms with Crippen LogP contribution in [0.25, 0.3) is 6.08 Å². The van der Waals surface area contributed by atoms with Crippen molar-refractivity contribution in [3.63, 3.8) is 0 Å². The van der Waals surface area contributed by atoms with Crippen LogP contribution in [-0.2, 0) is 11.4 Å². The van der Waals surface area contributed by atoms with E-state index in [1.54, 1.807) is 24.3 Å². The Morgan fingerprint density at radius 2 is 2.03 bits per heavy atom. The van der Waals surface area contributed by atoms with E-state index in [9.17, 15) is 14.9 Å². The van der Waals surface area contributed by atoms with Gasteiger partial charge in [-0.1, -0.05) is 24.3 Å². The second-order valence-corrected chi connectivity index (χ2v) is 7.68. The highest BCUT2D eigenvalue weighted by Crippen LogP contribution is 2.36. The molecule has 7 nitrogen and oxygen atoms in total. The molecule has 0 radical (unpaired) electrons. The number of amides is 3. The number of hydrogen-bond acceptors (Lipinski definition) is 5. The molecule has 8 heteroatoms. The summed E-state index contributed by atoms with van der Waals surface area (Å²) in [4.78, 5) is 25.5. The molecule has 0 aromatic heterocycles. The molecule has 2 aromatic rings. The molecule has 31 heavy (non-hydrogen) atoms. The Balaban J connectivity index is 1.89. The number of carbonyl (C=O) groups excluding carboxylic acids is 2. The van der Waals surface area contributed by atoms with Crippen LogP contribution in [0.1, 0.15) is 23.6 Å². The lowest BCUT2D eigenvalue weighted by atomic mass is 10.1. The molecule has 1 heterocycles. The summed E-state index contributed by atoms with van der Waals surface area (Å²) in [5, 5.41) is 11.8. The average Bonchev–Trinajstić information content (AvgIpc) is 3.01. The van der Waals surface area contributed by atoms with Gasteiger partial charge in [-0.15, -0.1) is 6.58 Å². The normalized spacial score (nSPS) is 14.4. The molecule has 2 aromatic carbocycles. The fourth-order valence-electron chi connectivity index (χ4n) is 3.01. The Bertz CT molecular complexity index is 1100. The number of carbonyl (C=O) groups is 2. The zero-order valence-corrected chi connectivity index (χ0v) is 19.0. The van der Waals surface area contributed by atoms with Crippen molar-refractivity contribution in [2.75, 3.05) is 13.2 Å². The number of imide groups is 1. The lowest BCUT2D eigenvalue weighted by Gasteiger charge is -2.15. The Morgan fingerprint density at radius 3 is 2.74 bits per heavy atom. The molecule has 3 amide bonds. The fourth-order valence-corrected chi connectivity index (χ4v) is 3.79. The molecule has 1 aliphatic heterocycles. The number of hydrogen-bond donors (Lipinski definition) is 1. The van der Waals surface area contributed by atoms with Crippen molar-refractivity contribution in [1.29, 1.82) is 5.26 Å². The third-order valence-corrected chi connectivity index (χ3v) is 5.23. The highest BCUT2D eigenvalue weighted by Gasteiger charge is 2.32. The summed E-state index contributed by atoms with van der Waals surface area (Å²) in [7, 11) is 0. The molecule has 1 fully saturated rings. The van der Waals surface area contributed by atoms with E-state index in [1.807, 2.05) is 25.1 Å². The lowest BCUT2D eigenvalue weighted by molar-refractivity contribution is -0.122. The van der Waals surface area contributed by atoms with Gasteiger partial charge in [-0.25, -0.2) is 4.79 Å². The summed E-state index contributed by atoms with van der Waals surface area (Å²) >= 11 is 2.13. The maximum atomic E-state index is 12.4. The van der Waals surface area contributed by atoms with Crippen LogP contribution in [0.4, 0.5) is 4.79 Å². The third kappa shape index (κ3) is 5.06. The van der Waals surface area contributed by atoms with Gasteiger partial charge in [0.15, 0.2) is 11.5 Å². The first kappa shape index (κ1) is 22.4. The topological polar surface area (TPSA) is 91.7 Å². The van der Waals surface area contributed by atoms with E-state index in [1.165, 1.54) is 6.08 Å². The number of nitriles is 1. The summed E-state index contributed by atoms with van der Waals surface area (Å²) in [5.74, 6) is 0.647. The van der Waals surface area contributed by atoms with Gasteiger partial charge in [0.05, 0.1) is 21.8 Å². The average molecular weight is 529 g/mol. The van der Waals surface area contributed by atoms with Crippen molar-refractivity contribution in [1.82, 2.24) is 10.2 Å². The van der Waals surface area contributed by atoms with Crippen LogP contribution in [0, 0.1) is 14.9 Å². The maximum absolute atomic E-state index is 12.4. The number of nitrogens with zero attached hydrogens (tertiary/aromatic N) is 2. The molecule has 0 saturated carbocycles. The minimum Gasteiger partial charge on any atom is -0.490 e. The van der Waals surface area contributed by atoms with Gasteiger partial charge in [0.2, 0.25) is 0 Å². The second kappa shape index (κ2) is 10.1. The summed E-state index contributed by atoms with van der Waals surface area (Å²) in [6.07, 6.45) is 3.09. The smallest absolute Gasteiger partial charge is 0.329 e. The number of benzene rings is 2. The highest BCUT2D eigenvalue weighted by molar-refractivity contribution is 14.1. The molecule has 0 aliphatic carbocycles. The summed E-state index contributed by atoms with van der Waals surface area (Å²) < 4.78 is 12.5. The fraction of sp³-hybridized carbons (Fsp3) is 0.174. The molecule has 3 rings (SSSR count). The summed E-state index contributed by atoms with van der Waals surface area (Å²) in [6, 6.07) is 12.5. The molecule has 0 bridgehead atoms. The Labute approximate surface area is 194 Å². The zero-order valence-electron chi connectivity index (χ0n) is 16.9. The number of nitrogens with one attached hydrogen (secondary N) is 1. The van der Waals surface area contributed by atoms with Crippen molar-refractivity contribution in [2.24, 2.45) is 0 Å². The van der Waals surface area contributed by atoms with Gasteiger partial charge < -0.3 is 14.8 Å². The van der Waals surface area contributed by atoms with Crippen molar-refractivity contribution in [3.05, 3.63) is 75.0 Å². The predicted octanol–water partition coefficient (Wildman–Crippen LogP) is 4.22. The van der Waals surface area contributed by atoms with Crippen molar-refractivity contribution in [2.45, 2.75) is 13.5 Å². The number of rotatable bonds is 8. The number of urea groups is 1. The maximum Gasteiger partial charge on any atom is 0.329 e. The first-order chi connectivity index (χ1) is 15.0. The Hall–Kier alpha value is -3.32. The van der Waals surface area contributed by atoms with Gasteiger partial charge in [-0.05, 0) is 59.4 Å². The van der Waals surface area contributed by atoms with Crippen LogP contribution in [-0.4, -0.2) is 30.0 Å². The highest BCUT2D eigenvalue weighted by atomic mass is 127. The van der Waals surface area contributed by atoms with E-state index in [0.717, 1.165) is 14.0 Å². The quantitative estimate of drug-likeness (QED) is 0.239. The van der Waals surface area contributed by atoms with Crippen molar-refractivity contribution >= 4 is 40.6 Å². The molecule has 1 saturated heterocycles. The van der Waals surface area contributed by atoms with Gasteiger partial charge in [0.25, 0.3) is 5.91 Å². The first-order valence-electron chi connectivity index (χ1n) is 9.51. The molecule has 0 spiro atoms. The Kier molecular flexibility index (Phi) is 7.31. The lowest BCUT2D eigenvalue weighted by Crippen LogP contribution is -2.30. The SMILES string of the molecule is C=CCN1C(=O)N/C(=C/c2cc(I)c(OCc3ccccc3C#N)c(OCC)c2)C1=O. The van der Waals surface area contributed by atoms with E-state index in [-0.39, 0.29) is 18.8 Å². The van der Waals surface area contributed by atoms with Crippen LogP contribution in [0.5, 0.6) is 11.5 Å². The van der Waals surface area contributed by atoms with Crippen LogP contribution in [0.2, 0.25) is 0 Å². The molecular weight excluding hydrogens is 509 g/mol. The van der Waals surface area contributed by atoms with Crippen LogP contribution < -0.4 is 14.8 Å². The molecule has 158 valence electrons. The standard InChI is InChI=1S/C23H20IN3O4/c1-3-9-27-22(28)19(26-23(27)29)11-15-10-18(24)21(20(12-15)30-4-2)31-14-17-8-6-5-7-16(17)13-25/h3,5-8,10-12H,1,4,9,14H2,2H3,(H,26,29)/b19-11+. The van der Waals surface area contributed by atoms with Gasteiger partial charge in [0, 0.05) is 12.1 Å². The minimum atomic E-state index is -0.480. The predicted molar refractivity (Wildman–Crippen MR) is 124 cm³/mol. The van der Waals surface area contributed by atoms with Crippen molar-refractivity contribution < 1.29 is 19.1 Å². The Morgan fingerprint density at radius 1 is 1.26 bits per heavy atom. The molecule has 1 N–H and O–H groups in total. The van der Waals surface area contributed by atoms with E-state index < -0.39 is 11.9 Å². The van der Waals surface area contributed by atoms with Crippen LogP contribution in [0.15, 0.2) is 54.8 Å². The van der Waals surface area contributed by atoms with E-state index in [2.05, 4.69) is 40.6 Å². The number of halogens is 1. The molecule has 0 unspecified atom stereocenters. The van der Waals surface area contributed by atoms with E-state index in [0.29, 0.717) is 29.2 Å².